The summed E-state index contributed by atoms with van der Waals surface area (Å²) in [6, 6.07) is 19.7. The van der Waals surface area contributed by atoms with Crippen molar-refractivity contribution in [2.75, 3.05) is 0 Å². The van der Waals surface area contributed by atoms with Crippen molar-refractivity contribution in [1.82, 2.24) is 0 Å². The van der Waals surface area contributed by atoms with Gasteiger partial charge in [0, 0.05) is 5.56 Å². The molecule has 0 amide bonds. The Hall–Kier alpha value is -2.81. The van der Waals surface area contributed by atoms with Gasteiger partial charge in [-0.15, -0.1) is 0 Å². The molecular weight excluding hydrogens is 260 g/mol. The van der Waals surface area contributed by atoms with E-state index in [1.54, 1.807) is 0 Å². The van der Waals surface area contributed by atoms with Gasteiger partial charge in [-0.05, 0) is 53.6 Å². The molecule has 0 aliphatic rings. The zero-order valence-corrected chi connectivity index (χ0v) is 11.8. The summed E-state index contributed by atoms with van der Waals surface area (Å²) in [5.41, 5.74) is 7.19. The van der Waals surface area contributed by atoms with E-state index < -0.39 is 0 Å². The van der Waals surface area contributed by atoms with Gasteiger partial charge in [-0.1, -0.05) is 30.3 Å². The monoisotopic (exact) mass is 276 g/mol. The van der Waals surface area contributed by atoms with Crippen molar-refractivity contribution in [2.24, 2.45) is 5.73 Å². The number of hydrogen-bond donors (Lipinski definition) is 2. The minimum atomic E-state index is 0.0738. The van der Waals surface area contributed by atoms with Crippen LogP contribution >= 0.6 is 0 Å². The van der Waals surface area contributed by atoms with Crippen LogP contribution in [0.3, 0.4) is 0 Å². The lowest BCUT2D eigenvalue weighted by molar-refractivity contribution is 0.483. The zero-order chi connectivity index (χ0) is 14.8. The number of fused-ring (bicyclic) bond motifs is 1. The van der Waals surface area contributed by atoms with Gasteiger partial charge < -0.3 is 10.5 Å². The van der Waals surface area contributed by atoms with E-state index in [4.69, 9.17) is 15.9 Å². The molecule has 0 aliphatic heterocycles. The Kier molecular flexibility index (Phi) is 3.32. The maximum absolute atomic E-state index is 7.50. The van der Waals surface area contributed by atoms with Crippen molar-refractivity contribution in [2.45, 2.75) is 6.92 Å². The van der Waals surface area contributed by atoms with Crippen molar-refractivity contribution < 1.29 is 4.74 Å². The van der Waals surface area contributed by atoms with Gasteiger partial charge in [0.25, 0.3) is 0 Å². The van der Waals surface area contributed by atoms with Crippen LogP contribution in [0.15, 0.2) is 60.7 Å². The third-order valence-corrected chi connectivity index (χ3v) is 3.44. The fraction of sp³-hybridized carbons (Fsp3) is 0.0556. The van der Waals surface area contributed by atoms with Gasteiger partial charge in [0.2, 0.25) is 0 Å². The number of benzene rings is 3. The van der Waals surface area contributed by atoms with Gasteiger partial charge in [0.05, 0.1) is 0 Å². The van der Waals surface area contributed by atoms with E-state index in [0.717, 1.165) is 28.0 Å². The van der Waals surface area contributed by atoms with Crippen LogP contribution in [0.5, 0.6) is 11.5 Å². The molecule has 3 nitrogen and oxygen atoms in total. The molecule has 3 aromatic carbocycles. The van der Waals surface area contributed by atoms with Crippen molar-refractivity contribution in [1.29, 1.82) is 5.41 Å². The van der Waals surface area contributed by atoms with Crippen LogP contribution in [-0.2, 0) is 0 Å². The lowest BCUT2D eigenvalue weighted by Crippen LogP contribution is -2.12. The molecule has 0 fully saturated rings. The molecule has 3 aromatic rings. The summed E-state index contributed by atoms with van der Waals surface area (Å²) in [7, 11) is 0. The second-order valence-electron chi connectivity index (χ2n) is 5.00. The van der Waals surface area contributed by atoms with Gasteiger partial charge in [-0.25, -0.2) is 0 Å². The number of nitrogens with two attached hydrogens (primary N) is 1. The Morgan fingerprint density at radius 3 is 2.29 bits per heavy atom. The molecule has 0 aliphatic carbocycles. The molecule has 0 unspecified atom stereocenters. The van der Waals surface area contributed by atoms with Crippen LogP contribution in [0, 0.1) is 12.3 Å². The molecule has 0 atom stereocenters. The SMILES string of the molecule is Cc1cc(Oc2ccc3ccccc3c2)ccc1C(=N)N. The van der Waals surface area contributed by atoms with Gasteiger partial charge in [-0.2, -0.15) is 0 Å². The summed E-state index contributed by atoms with van der Waals surface area (Å²) in [4.78, 5) is 0. The van der Waals surface area contributed by atoms with Crippen molar-refractivity contribution in [3.05, 3.63) is 71.8 Å². The molecule has 0 saturated carbocycles. The summed E-state index contributed by atoms with van der Waals surface area (Å²) in [5.74, 6) is 1.61. The molecule has 0 aromatic heterocycles. The Morgan fingerprint density at radius 2 is 1.57 bits per heavy atom. The minimum absolute atomic E-state index is 0.0738. The maximum atomic E-state index is 7.50. The normalized spacial score (nSPS) is 10.5. The van der Waals surface area contributed by atoms with E-state index in [1.165, 1.54) is 5.39 Å². The Labute approximate surface area is 123 Å². The highest BCUT2D eigenvalue weighted by Gasteiger charge is 2.05. The third-order valence-electron chi connectivity index (χ3n) is 3.44. The minimum Gasteiger partial charge on any atom is -0.457 e. The molecule has 0 radical (unpaired) electrons. The van der Waals surface area contributed by atoms with Gasteiger partial charge in [0.15, 0.2) is 0 Å². The van der Waals surface area contributed by atoms with E-state index in [9.17, 15) is 0 Å². The molecule has 21 heavy (non-hydrogen) atoms. The molecule has 0 bridgehead atoms. The van der Waals surface area contributed by atoms with Crippen LogP contribution in [0.25, 0.3) is 10.8 Å². The second kappa shape index (κ2) is 5.29. The molecule has 0 spiro atoms. The maximum Gasteiger partial charge on any atom is 0.128 e. The number of aryl methyl sites for hydroxylation is 1. The Morgan fingerprint density at radius 1 is 0.905 bits per heavy atom. The predicted octanol–water partition coefficient (Wildman–Crippen LogP) is 4.22. The molecule has 3 heteroatoms. The van der Waals surface area contributed by atoms with E-state index in [0.29, 0.717) is 0 Å². The van der Waals surface area contributed by atoms with E-state index in [1.807, 2.05) is 55.5 Å². The standard InChI is InChI=1S/C18H16N2O/c1-12-10-15(8-9-17(12)18(19)20)21-16-7-6-13-4-2-3-5-14(13)11-16/h2-11H,1H3,(H3,19,20). The number of amidine groups is 1. The fourth-order valence-electron chi connectivity index (χ4n) is 2.37. The first-order valence-electron chi connectivity index (χ1n) is 6.75. The summed E-state index contributed by atoms with van der Waals surface area (Å²) in [5, 5.41) is 9.83. The quantitative estimate of drug-likeness (QED) is 0.555. The topological polar surface area (TPSA) is 59.1 Å². The number of ether oxygens (including phenoxy) is 1. The van der Waals surface area contributed by atoms with Crippen molar-refractivity contribution in [3.63, 3.8) is 0 Å². The first kappa shape index (κ1) is 13.2. The zero-order valence-electron chi connectivity index (χ0n) is 11.8. The molecular formula is C18H16N2O. The summed E-state index contributed by atoms with van der Waals surface area (Å²) >= 11 is 0. The van der Waals surface area contributed by atoms with E-state index in [2.05, 4.69) is 12.1 Å². The van der Waals surface area contributed by atoms with Gasteiger partial charge in [-0.3, -0.25) is 5.41 Å². The Bertz CT molecular complexity index is 824. The predicted molar refractivity (Wildman–Crippen MR) is 86.2 cm³/mol. The van der Waals surface area contributed by atoms with Crippen LogP contribution in [-0.4, -0.2) is 5.84 Å². The third kappa shape index (κ3) is 2.72. The van der Waals surface area contributed by atoms with Gasteiger partial charge in [0.1, 0.15) is 17.3 Å². The van der Waals surface area contributed by atoms with Crippen molar-refractivity contribution >= 4 is 16.6 Å². The van der Waals surface area contributed by atoms with Crippen LogP contribution < -0.4 is 10.5 Å². The number of hydrogen-bond acceptors (Lipinski definition) is 2. The summed E-state index contributed by atoms with van der Waals surface area (Å²) in [6.45, 7) is 1.92. The lowest BCUT2D eigenvalue weighted by Gasteiger charge is -2.10. The number of nitrogen functional groups attached to an aromatic ring is 1. The molecule has 0 heterocycles. The average molecular weight is 276 g/mol. The molecule has 0 saturated heterocycles. The number of nitrogens with one attached hydrogen (secondary N) is 1. The van der Waals surface area contributed by atoms with Crippen LogP contribution in [0.2, 0.25) is 0 Å². The first-order chi connectivity index (χ1) is 10.1. The second-order valence-corrected chi connectivity index (χ2v) is 5.00. The molecule has 3 rings (SSSR count). The number of rotatable bonds is 3. The van der Waals surface area contributed by atoms with E-state index >= 15 is 0 Å². The summed E-state index contributed by atoms with van der Waals surface area (Å²) in [6.07, 6.45) is 0. The van der Waals surface area contributed by atoms with E-state index in [-0.39, 0.29) is 5.84 Å². The largest absolute Gasteiger partial charge is 0.457 e. The Balaban J connectivity index is 1.91. The van der Waals surface area contributed by atoms with Crippen LogP contribution in [0.4, 0.5) is 0 Å². The first-order valence-corrected chi connectivity index (χ1v) is 6.75. The highest BCUT2D eigenvalue weighted by molar-refractivity contribution is 5.96. The summed E-state index contributed by atoms with van der Waals surface area (Å²) < 4.78 is 5.89. The molecule has 104 valence electrons. The van der Waals surface area contributed by atoms with Gasteiger partial charge >= 0.3 is 0 Å². The average Bonchev–Trinajstić information content (AvgIpc) is 2.47. The fourth-order valence-corrected chi connectivity index (χ4v) is 2.37. The molecule has 3 N–H and O–H groups in total. The lowest BCUT2D eigenvalue weighted by atomic mass is 10.1. The van der Waals surface area contributed by atoms with Crippen LogP contribution in [0.1, 0.15) is 11.1 Å². The highest BCUT2D eigenvalue weighted by Crippen LogP contribution is 2.27. The van der Waals surface area contributed by atoms with Crippen molar-refractivity contribution in [3.8, 4) is 11.5 Å². The highest BCUT2D eigenvalue weighted by atomic mass is 16.5. The smallest absolute Gasteiger partial charge is 0.128 e.